The molecule has 1 saturated heterocycles. The second-order valence-corrected chi connectivity index (χ2v) is 8.82. The van der Waals surface area contributed by atoms with Crippen LogP contribution >= 0.6 is 0 Å². The van der Waals surface area contributed by atoms with Crippen LogP contribution < -0.4 is 15.9 Å². The van der Waals surface area contributed by atoms with Gasteiger partial charge >= 0.3 is 5.69 Å². The highest BCUT2D eigenvalue weighted by atomic mass is 16.2. The maximum absolute atomic E-state index is 12.9. The molecule has 0 saturated carbocycles. The van der Waals surface area contributed by atoms with Gasteiger partial charge < -0.3 is 10.2 Å². The Kier molecular flexibility index (Phi) is 6.07. The number of piperidine rings is 1. The van der Waals surface area contributed by atoms with Gasteiger partial charge in [0.15, 0.2) is 0 Å². The molecular weight excluding hydrogens is 388 g/mol. The van der Waals surface area contributed by atoms with Gasteiger partial charge in [0.25, 0.3) is 0 Å². The SMILES string of the molecule is CC1CCN(c2nc(=O)n(CC(=O)Nc3ccc(C(C)C)cc3)c3ccccc23)CC1. The third-order valence-corrected chi connectivity index (χ3v) is 6.11. The average molecular weight is 419 g/mol. The molecule has 1 aliphatic heterocycles. The maximum atomic E-state index is 12.9. The van der Waals surface area contributed by atoms with E-state index in [0.717, 1.165) is 48.3 Å². The van der Waals surface area contributed by atoms with Gasteiger partial charge in [-0.15, -0.1) is 0 Å². The van der Waals surface area contributed by atoms with Crippen molar-refractivity contribution < 1.29 is 4.79 Å². The Morgan fingerprint density at radius 1 is 1.10 bits per heavy atom. The molecule has 162 valence electrons. The lowest BCUT2D eigenvalue weighted by Gasteiger charge is -2.32. The number of rotatable bonds is 5. The number of fused-ring (bicyclic) bond motifs is 1. The maximum Gasteiger partial charge on any atom is 0.350 e. The first kappa shape index (κ1) is 21.1. The van der Waals surface area contributed by atoms with E-state index in [1.165, 1.54) is 10.1 Å². The van der Waals surface area contributed by atoms with E-state index in [1.54, 1.807) is 0 Å². The highest BCUT2D eigenvalue weighted by Crippen LogP contribution is 2.27. The number of hydrogen-bond acceptors (Lipinski definition) is 4. The largest absolute Gasteiger partial charge is 0.356 e. The summed E-state index contributed by atoms with van der Waals surface area (Å²) in [5, 5.41) is 3.80. The molecule has 2 aromatic carbocycles. The minimum Gasteiger partial charge on any atom is -0.356 e. The molecular formula is C25H30N4O2. The van der Waals surface area contributed by atoms with Crippen molar-refractivity contribution in [3.05, 3.63) is 64.6 Å². The molecule has 31 heavy (non-hydrogen) atoms. The van der Waals surface area contributed by atoms with Crippen LogP contribution in [0.25, 0.3) is 10.9 Å². The summed E-state index contributed by atoms with van der Waals surface area (Å²) < 4.78 is 1.46. The van der Waals surface area contributed by atoms with Crippen molar-refractivity contribution >= 4 is 28.3 Å². The van der Waals surface area contributed by atoms with Crippen LogP contribution in [-0.4, -0.2) is 28.5 Å². The van der Waals surface area contributed by atoms with E-state index in [-0.39, 0.29) is 12.5 Å². The Bertz CT molecular complexity index is 1130. The Labute approximate surface area is 182 Å². The predicted octanol–water partition coefficient (Wildman–Crippen LogP) is 4.39. The van der Waals surface area contributed by atoms with E-state index in [1.807, 2.05) is 48.5 Å². The third-order valence-electron chi connectivity index (χ3n) is 6.11. The minimum absolute atomic E-state index is 0.0738. The fourth-order valence-electron chi connectivity index (χ4n) is 4.12. The van der Waals surface area contributed by atoms with E-state index in [0.29, 0.717) is 11.8 Å². The molecule has 0 bridgehead atoms. The van der Waals surface area contributed by atoms with Crippen molar-refractivity contribution in [3.8, 4) is 0 Å². The van der Waals surface area contributed by atoms with E-state index in [4.69, 9.17) is 0 Å². The molecule has 2 heterocycles. The smallest absolute Gasteiger partial charge is 0.350 e. The molecule has 0 radical (unpaired) electrons. The van der Waals surface area contributed by atoms with Crippen molar-refractivity contribution in [2.75, 3.05) is 23.3 Å². The zero-order valence-electron chi connectivity index (χ0n) is 18.5. The van der Waals surface area contributed by atoms with Gasteiger partial charge in [0.2, 0.25) is 5.91 Å². The molecule has 1 fully saturated rings. The van der Waals surface area contributed by atoms with Gasteiger partial charge in [-0.2, -0.15) is 4.98 Å². The van der Waals surface area contributed by atoms with Crippen molar-refractivity contribution in [2.24, 2.45) is 5.92 Å². The van der Waals surface area contributed by atoms with Gasteiger partial charge in [-0.1, -0.05) is 45.0 Å². The fourth-order valence-corrected chi connectivity index (χ4v) is 4.12. The van der Waals surface area contributed by atoms with Crippen LogP contribution in [0.4, 0.5) is 11.5 Å². The number of nitrogens with one attached hydrogen (secondary N) is 1. The van der Waals surface area contributed by atoms with Crippen molar-refractivity contribution in [3.63, 3.8) is 0 Å². The van der Waals surface area contributed by atoms with Gasteiger partial charge in [0, 0.05) is 24.2 Å². The molecule has 1 amide bonds. The highest BCUT2D eigenvalue weighted by molar-refractivity contribution is 5.93. The average Bonchev–Trinajstić information content (AvgIpc) is 2.76. The summed E-state index contributed by atoms with van der Waals surface area (Å²) in [5.74, 6) is 1.61. The molecule has 0 atom stereocenters. The Hall–Kier alpha value is -3.15. The van der Waals surface area contributed by atoms with Crippen LogP contribution in [0, 0.1) is 5.92 Å². The number of aromatic nitrogens is 2. The number of para-hydroxylation sites is 1. The van der Waals surface area contributed by atoms with Gasteiger partial charge in [-0.25, -0.2) is 4.79 Å². The lowest BCUT2D eigenvalue weighted by molar-refractivity contribution is -0.116. The third kappa shape index (κ3) is 4.63. The molecule has 4 rings (SSSR count). The lowest BCUT2D eigenvalue weighted by atomic mass is 9.99. The predicted molar refractivity (Wildman–Crippen MR) is 126 cm³/mol. The summed E-state index contributed by atoms with van der Waals surface area (Å²) in [4.78, 5) is 32.2. The van der Waals surface area contributed by atoms with E-state index in [2.05, 4.69) is 36.0 Å². The molecule has 0 unspecified atom stereocenters. The zero-order valence-corrected chi connectivity index (χ0v) is 18.5. The molecule has 6 heteroatoms. The number of carbonyl (C=O) groups excluding carboxylic acids is 1. The summed E-state index contributed by atoms with van der Waals surface area (Å²) in [6, 6.07) is 15.5. The second-order valence-electron chi connectivity index (χ2n) is 8.82. The summed E-state index contributed by atoms with van der Waals surface area (Å²) in [6.45, 7) is 8.24. The Balaban J connectivity index is 1.59. The first-order valence-corrected chi connectivity index (χ1v) is 11.1. The zero-order chi connectivity index (χ0) is 22.0. The number of benzene rings is 2. The monoisotopic (exact) mass is 418 g/mol. The topological polar surface area (TPSA) is 67.2 Å². The minimum atomic E-state index is -0.391. The first-order chi connectivity index (χ1) is 14.9. The van der Waals surface area contributed by atoms with Crippen LogP contribution in [0.1, 0.15) is 45.1 Å². The van der Waals surface area contributed by atoms with Crippen LogP contribution in [0.15, 0.2) is 53.3 Å². The molecule has 1 aliphatic rings. The lowest BCUT2D eigenvalue weighted by Crippen LogP contribution is -2.37. The summed E-state index contributed by atoms with van der Waals surface area (Å²) in [7, 11) is 0. The number of nitrogens with zero attached hydrogens (tertiary/aromatic N) is 3. The summed E-state index contributed by atoms with van der Waals surface area (Å²) in [5.41, 5.74) is 2.28. The second kappa shape index (κ2) is 8.92. The highest BCUT2D eigenvalue weighted by Gasteiger charge is 2.21. The van der Waals surface area contributed by atoms with Crippen molar-refractivity contribution in [2.45, 2.75) is 46.1 Å². The first-order valence-electron chi connectivity index (χ1n) is 11.1. The van der Waals surface area contributed by atoms with Crippen LogP contribution in [0.3, 0.4) is 0 Å². The molecule has 3 aromatic rings. The van der Waals surface area contributed by atoms with Crippen molar-refractivity contribution in [1.82, 2.24) is 9.55 Å². The van der Waals surface area contributed by atoms with Gasteiger partial charge in [-0.3, -0.25) is 9.36 Å². The number of amides is 1. The van der Waals surface area contributed by atoms with E-state index < -0.39 is 5.69 Å². The van der Waals surface area contributed by atoms with Gasteiger partial charge in [0.1, 0.15) is 12.4 Å². The number of anilines is 2. The fraction of sp³-hybridized carbons (Fsp3) is 0.400. The van der Waals surface area contributed by atoms with Crippen molar-refractivity contribution in [1.29, 1.82) is 0 Å². The molecule has 1 N–H and O–H groups in total. The van der Waals surface area contributed by atoms with Crippen LogP contribution in [-0.2, 0) is 11.3 Å². The Morgan fingerprint density at radius 3 is 2.45 bits per heavy atom. The van der Waals surface area contributed by atoms with E-state index in [9.17, 15) is 9.59 Å². The van der Waals surface area contributed by atoms with Gasteiger partial charge in [-0.05, 0) is 54.5 Å². The number of hydrogen-bond donors (Lipinski definition) is 1. The number of carbonyl (C=O) groups is 1. The van der Waals surface area contributed by atoms with Crippen LogP contribution in [0.5, 0.6) is 0 Å². The Morgan fingerprint density at radius 2 is 1.77 bits per heavy atom. The summed E-state index contributed by atoms with van der Waals surface area (Å²) in [6.07, 6.45) is 2.19. The molecule has 1 aromatic heterocycles. The standard InChI is InChI=1S/C25H30N4O2/c1-17(2)19-8-10-20(11-9-19)26-23(30)16-29-22-7-5-4-6-21(22)24(27-25(29)31)28-14-12-18(3)13-15-28/h4-11,17-18H,12-16H2,1-3H3,(H,26,30). The normalized spacial score (nSPS) is 14.9. The summed E-state index contributed by atoms with van der Waals surface area (Å²) >= 11 is 0. The molecule has 6 nitrogen and oxygen atoms in total. The quantitative estimate of drug-likeness (QED) is 0.667. The van der Waals surface area contributed by atoms with Crippen LogP contribution in [0.2, 0.25) is 0 Å². The molecule has 0 spiro atoms. The molecule has 0 aliphatic carbocycles. The van der Waals surface area contributed by atoms with E-state index >= 15 is 0 Å². The van der Waals surface area contributed by atoms with Gasteiger partial charge in [0.05, 0.1) is 5.52 Å².